The van der Waals surface area contributed by atoms with Gasteiger partial charge in [0.2, 0.25) is 11.2 Å². The van der Waals surface area contributed by atoms with Crippen LogP contribution in [0.5, 0.6) is 0 Å². The van der Waals surface area contributed by atoms with Crippen LogP contribution in [-0.2, 0) is 14.9 Å². The average Bonchev–Trinajstić information content (AvgIpc) is 2.58. The van der Waals surface area contributed by atoms with Crippen molar-refractivity contribution in [1.82, 2.24) is 9.97 Å². The molecule has 0 N–H and O–H groups in total. The number of ether oxygens (including phenoxy) is 1. The fourth-order valence-corrected chi connectivity index (χ4v) is 2.90. The van der Waals surface area contributed by atoms with Gasteiger partial charge in [0.25, 0.3) is 0 Å². The van der Waals surface area contributed by atoms with Crippen LogP contribution in [0, 0.1) is 0 Å². The van der Waals surface area contributed by atoms with Gasteiger partial charge in [0.05, 0.1) is 5.41 Å². The quantitative estimate of drug-likeness (QED) is 0.738. The van der Waals surface area contributed by atoms with Gasteiger partial charge in [-0.1, -0.05) is 0 Å². The molecule has 1 saturated heterocycles. The molecule has 0 bridgehead atoms. The largest absolute Gasteiger partial charge is 0.381 e. The van der Waals surface area contributed by atoms with Crippen LogP contribution < -0.4 is 4.90 Å². The van der Waals surface area contributed by atoms with Gasteiger partial charge in [0.1, 0.15) is 5.82 Å². The summed E-state index contributed by atoms with van der Waals surface area (Å²) in [4.78, 5) is 22.8. The number of hydrogen-bond acceptors (Lipinski definition) is 4. The molecule has 6 heteroatoms. The van der Waals surface area contributed by atoms with Crippen LogP contribution in [0.4, 0.5) is 5.82 Å². The molecule has 1 amide bonds. The van der Waals surface area contributed by atoms with E-state index in [9.17, 15) is 4.79 Å². The summed E-state index contributed by atoms with van der Waals surface area (Å²) < 4.78 is 5.36. The molecule has 0 spiro atoms. The van der Waals surface area contributed by atoms with Gasteiger partial charge in [0, 0.05) is 31.0 Å². The van der Waals surface area contributed by atoms with Crippen molar-refractivity contribution in [3.63, 3.8) is 0 Å². The van der Waals surface area contributed by atoms with Crippen LogP contribution in [0.2, 0.25) is 5.28 Å². The van der Waals surface area contributed by atoms with Crippen molar-refractivity contribution in [3.05, 3.63) is 17.0 Å². The van der Waals surface area contributed by atoms with Gasteiger partial charge in [-0.25, -0.2) is 4.98 Å². The first-order valence-electron chi connectivity index (χ1n) is 6.46. The Morgan fingerprint density at radius 1 is 1.42 bits per heavy atom. The van der Waals surface area contributed by atoms with Crippen LogP contribution >= 0.6 is 11.6 Å². The molecule has 5 nitrogen and oxygen atoms in total. The molecular weight excluding hydrogens is 266 g/mol. The van der Waals surface area contributed by atoms with Gasteiger partial charge >= 0.3 is 0 Å². The molecule has 1 fully saturated rings. The minimum atomic E-state index is -0.585. The Labute approximate surface area is 116 Å². The zero-order chi connectivity index (χ0) is 13.6. The molecule has 0 aliphatic carbocycles. The Balaban J connectivity index is 2.06. The molecule has 3 rings (SSSR count). The summed E-state index contributed by atoms with van der Waals surface area (Å²) in [6, 6.07) is 0.146. The molecule has 1 aromatic heterocycles. The van der Waals surface area contributed by atoms with Crippen molar-refractivity contribution in [2.24, 2.45) is 0 Å². The minimum absolute atomic E-state index is 0.0750. The second-order valence-corrected chi connectivity index (χ2v) is 5.86. The molecule has 0 aromatic carbocycles. The number of rotatable bonds is 1. The van der Waals surface area contributed by atoms with E-state index in [1.165, 1.54) is 0 Å². The van der Waals surface area contributed by atoms with E-state index in [0.29, 0.717) is 19.0 Å². The number of nitrogens with zero attached hydrogens (tertiary/aromatic N) is 3. The molecule has 2 aliphatic heterocycles. The zero-order valence-electron chi connectivity index (χ0n) is 11.0. The number of fused-ring (bicyclic) bond motifs is 1. The lowest BCUT2D eigenvalue weighted by molar-refractivity contribution is -0.122. The molecule has 19 heavy (non-hydrogen) atoms. The third kappa shape index (κ3) is 1.92. The summed E-state index contributed by atoms with van der Waals surface area (Å²) in [6.07, 6.45) is 3.34. The summed E-state index contributed by atoms with van der Waals surface area (Å²) in [5, 5.41) is 0.182. The van der Waals surface area contributed by atoms with Crippen LogP contribution in [0.15, 0.2) is 6.20 Å². The van der Waals surface area contributed by atoms with E-state index in [1.54, 1.807) is 11.1 Å². The normalized spacial score (nSPS) is 22.7. The highest BCUT2D eigenvalue weighted by molar-refractivity contribution is 6.28. The maximum absolute atomic E-state index is 12.7. The van der Waals surface area contributed by atoms with Crippen LogP contribution in [0.25, 0.3) is 0 Å². The number of amides is 1. The van der Waals surface area contributed by atoms with E-state index in [2.05, 4.69) is 9.97 Å². The lowest BCUT2D eigenvalue weighted by atomic mass is 9.88. The third-order valence-corrected chi connectivity index (χ3v) is 4.13. The summed E-state index contributed by atoms with van der Waals surface area (Å²) in [5.41, 5.74) is 0.270. The molecule has 0 saturated carbocycles. The van der Waals surface area contributed by atoms with E-state index in [1.807, 2.05) is 13.8 Å². The molecule has 1 aromatic rings. The number of carbonyl (C=O) groups excluding carboxylic acids is 1. The van der Waals surface area contributed by atoms with Crippen LogP contribution in [0.3, 0.4) is 0 Å². The molecule has 0 radical (unpaired) electrons. The van der Waals surface area contributed by atoms with E-state index in [0.717, 1.165) is 18.4 Å². The molecule has 102 valence electrons. The highest BCUT2D eigenvalue weighted by Gasteiger charge is 2.48. The lowest BCUT2D eigenvalue weighted by Crippen LogP contribution is -2.45. The maximum atomic E-state index is 12.7. The first-order chi connectivity index (χ1) is 9.01. The lowest BCUT2D eigenvalue weighted by Gasteiger charge is -2.31. The molecule has 0 unspecified atom stereocenters. The van der Waals surface area contributed by atoms with E-state index in [4.69, 9.17) is 16.3 Å². The number of carbonyl (C=O) groups is 1. The summed E-state index contributed by atoms with van der Waals surface area (Å²) >= 11 is 5.88. The fourth-order valence-electron chi connectivity index (χ4n) is 2.77. The topological polar surface area (TPSA) is 55.3 Å². The first-order valence-corrected chi connectivity index (χ1v) is 6.84. The number of halogens is 1. The fraction of sp³-hybridized carbons (Fsp3) is 0.615. The summed E-state index contributed by atoms with van der Waals surface area (Å²) in [5.74, 6) is 0.743. The summed E-state index contributed by atoms with van der Waals surface area (Å²) in [7, 11) is 0. The minimum Gasteiger partial charge on any atom is -0.381 e. The van der Waals surface area contributed by atoms with E-state index < -0.39 is 5.41 Å². The van der Waals surface area contributed by atoms with Crippen molar-refractivity contribution in [2.75, 3.05) is 18.1 Å². The van der Waals surface area contributed by atoms with Crippen LogP contribution in [-0.4, -0.2) is 35.1 Å². The number of anilines is 1. The first kappa shape index (κ1) is 12.8. The number of hydrogen-bond donors (Lipinski definition) is 0. The molecule has 3 heterocycles. The molecule has 2 aliphatic rings. The Kier molecular flexibility index (Phi) is 2.98. The SMILES string of the molecule is CC1(C)C(=O)N(C2CCOCC2)c2nc(Cl)ncc21. The van der Waals surface area contributed by atoms with E-state index >= 15 is 0 Å². The Morgan fingerprint density at radius 3 is 2.79 bits per heavy atom. The van der Waals surface area contributed by atoms with Gasteiger partial charge in [-0.15, -0.1) is 0 Å². The Morgan fingerprint density at radius 2 is 2.11 bits per heavy atom. The van der Waals surface area contributed by atoms with Gasteiger partial charge in [-0.3, -0.25) is 9.69 Å². The van der Waals surface area contributed by atoms with Crippen molar-refractivity contribution in [2.45, 2.75) is 38.1 Å². The molecular formula is C13H16ClN3O2. The predicted octanol–water partition coefficient (Wildman–Crippen LogP) is 1.93. The number of aromatic nitrogens is 2. The second-order valence-electron chi connectivity index (χ2n) is 5.52. The van der Waals surface area contributed by atoms with Crippen molar-refractivity contribution >= 4 is 23.3 Å². The summed E-state index contributed by atoms with van der Waals surface area (Å²) in [6.45, 7) is 5.18. The van der Waals surface area contributed by atoms with Crippen LogP contribution in [0.1, 0.15) is 32.3 Å². The Bertz CT molecular complexity index is 527. The predicted molar refractivity (Wildman–Crippen MR) is 71.4 cm³/mol. The van der Waals surface area contributed by atoms with Gasteiger partial charge < -0.3 is 4.74 Å². The van der Waals surface area contributed by atoms with Gasteiger partial charge in [-0.05, 0) is 38.3 Å². The average molecular weight is 282 g/mol. The van der Waals surface area contributed by atoms with Crippen molar-refractivity contribution in [1.29, 1.82) is 0 Å². The zero-order valence-corrected chi connectivity index (χ0v) is 11.8. The Hall–Kier alpha value is -1.20. The third-order valence-electron chi connectivity index (χ3n) is 3.95. The maximum Gasteiger partial charge on any atom is 0.238 e. The van der Waals surface area contributed by atoms with E-state index in [-0.39, 0.29) is 17.2 Å². The van der Waals surface area contributed by atoms with Crippen molar-refractivity contribution < 1.29 is 9.53 Å². The monoisotopic (exact) mass is 281 g/mol. The second kappa shape index (κ2) is 4.42. The highest BCUT2D eigenvalue weighted by Crippen LogP contribution is 2.42. The standard InChI is InChI=1S/C13H16ClN3O2/c1-13(2)9-7-15-12(14)16-10(9)17(11(13)18)8-3-5-19-6-4-8/h7-8H,3-6H2,1-2H3. The van der Waals surface area contributed by atoms with Gasteiger partial charge in [-0.2, -0.15) is 4.98 Å². The molecule has 0 atom stereocenters. The highest BCUT2D eigenvalue weighted by atomic mass is 35.5. The van der Waals surface area contributed by atoms with Gasteiger partial charge in [0.15, 0.2) is 0 Å². The van der Waals surface area contributed by atoms with Crippen molar-refractivity contribution in [3.8, 4) is 0 Å². The smallest absolute Gasteiger partial charge is 0.238 e.